The Kier molecular flexibility index (Phi) is 4.36. The summed E-state index contributed by atoms with van der Waals surface area (Å²) in [6, 6.07) is 2.42. The van der Waals surface area contributed by atoms with Crippen LogP contribution in [0.1, 0.15) is 19.8 Å². The summed E-state index contributed by atoms with van der Waals surface area (Å²) in [6.45, 7) is 2.58. The summed E-state index contributed by atoms with van der Waals surface area (Å²) in [5, 5.41) is 13.9. The maximum atomic E-state index is 13.5. The second kappa shape index (κ2) is 5.83. The zero-order chi connectivity index (χ0) is 14.0. The lowest BCUT2D eigenvalue weighted by Gasteiger charge is -2.35. The smallest absolute Gasteiger partial charge is 0.293 e. The van der Waals surface area contributed by atoms with E-state index in [1.807, 2.05) is 6.92 Å². The number of rotatable bonds is 5. The van der Waals surface area contributed by atoms with Crippen LogP contribution in [-0.2, 0) is 4.74 Å². The lowest BCUT2D eigenvalue weighted by atomic mass is 9.89. The second-order valence-electron chi connectivity index (χ2n) is 4.43. The Balaban J connectivity index is 2.08. The van der Waals surface area contributed by atoms with Crippen molar-refractivity contribution in [1.82, 2.24) is 0 Å². The molecule has 0 bridgehead atoms. The van der Waals surface area contributed by atoms with Crippen LogP contribution in [0.2, 0.25) is 0 Å². The minimum absolute atomic E-state index is 0.0885. The molecular weight excluding hydrogens is 319 g/mol. The van der Waals surface area contributed by atoms with Crippen molar-refractivity contribution in [3.8, 4) is 0 Å². The molecule has 2 rings (SSSR count). The van der Waals surface area contributed by atoms with Gasteiger partial charge in [-0.1, -0.05) is 0 Å². The Labute approximate surface area is 118 Å². The van der Waals surface area contributed by atoms with Gasteiger partial charge in [0.25, 0.3) is 5.69 Å². The standard InChI is InChI=1S/C12H14BrFN2O3/c1-2-19-8-3-7(4-8)15-11-6-10(14)9(13)5-12(11)16(17)18/h5-8,15H,2-4H2,1H3. The highest BCUT2D eigenvalue weighted by atomic mass is 79.9. The van der Waals surface area contributed by atoms with Gasteiger partial charge in [-0.25, -0.2) is 4.39 Å². The number of halogens is 2. The van der Waals surface area contributed by atoms with Crippen molar-refractivity contribution in [1.29, 1.82) is 0 Å². The highest BCUT2D eigenvalue weighted by molar-refractivity contribution is 9.10. The fourth-order valence-corrected chi connectivity index (χ4v) is 2.41. The molecule has 0 heterocycles. The van der Waals surface area contributed by atoms with Crippen molar-refractivity contribution in [3.63, 3.8) is 0 Å². The molecule has 1 aromatic carbocycles. The van der Waals surface area contributed by atoms with Crippen LogP contribution in [0.25, 0.3) is 0 Å². The number of nitrogens with one attached hydrogen (secondary N) is 1. The Morgan fingerprint density at radius 1 is 1.58 bits per heavy atom. The van der Waals surface area contributed by atoms with Crippen LogP contribution >= 0.6 is 15.9 Å². The molecule has 1 saturated carbocycles. The molecule has 1 aliphatic rings. The first kappa shape index (κ1) is 14.2. The van der Waals surface area contributed by atoms with Crippen molar-refractivity contribution >= 4 is 27.3 Å². The predicted octanol–water partition coefficient (Wildman–Crippen LogP) is 3.48. The van der Waals surface area contributed by atoms with Crippen LogP contribution in [0.4, 0.5) is 15.8 Å². The molecule has 104 valence electrons. The predicted molar refractivity (Wildman–Crippen MR) is 72.8 cm³/mol. The van der Waals surface area contributed by atoms with Gasteiger partial charge in [0.05, 0.1) is 15.5 Å². The molecule has 19 heavy (non-hydrogen) atoms. The van der Waals surface area contributed by atoms with E-state index in [1.54, 1.807) is 0 Å². The number of anilines is 1. The molecule has 0 spiro atoms. The summed E-state index contributed by atoms with van der Waals surface area (Å²) in [6.07, 6.45) is 1.76. The zero-order valence-corrected chi connectivity index (χ0v) is 11.9. The summed E-state index contributed by atoms with van der Waals surface area (Å²) in [5.74, 6) is -0.520. The van der Waals surface area contributed by atoms with Gasteiger partial charge in [0, 0.05) is 24.8 Å². The van der Waals surface area contributed by atoms with Crippen LogP contribution in [0, 0.1) is 15.9 Å². The molecule has 0 atom stereocenters. The van der Waals surface area contributed by atoms with E-state index in [9.17, 15) is 14.5 Å². The van der Waals surface area contributed by atoms with Crippen molar-refractivity contribution in [3.05, 3.63) is 32.5 Å². The number of nitro benzene ring substituents is 1. The SMILES string of the molecule is CCOC1CC(Nc2cc(F)c(Br)cc2[N+](=O)[O-])C1. The fraction of sp³-hybridized carbons (Fsp3) is 0.500. The highest BCUT2D eigenvalue weighted by Crippen LogP contribution is 2.34. The van der Waals surface area contributed by atoms with Crippen LogP contribution in [0.15, 0.2) is 16.6 Å². The molecule has 5 nitrogen and oxygen atoms in total. The van der Waals surface area contributed by atoms with E-state index in [-0.39, 0.29) is 28.0 Å². The summed E-state index contributed by atoms with van der Waals surface area (Å²) in [4.78, 5) is 10.4. The van der Waals surface area contributed by atoms with Crippen molar-refractivity contribution < 1.29 is 14.1 Å². The van der Waals surface area contributed by atoms with E-state index >= 15 is 0 Å². The Morgan fingerprint density at radius 3 is 2.84 bits per heavy atom. The van der Waals surface area contributed by atoms with Gasteiger partial charge in [-0.2, -0.15) is 0 Å². The summed E-state index contributed by atoms with van der Waals surface area (Å²) in [5.41, 5.74) is 0.0822. The molecule has 0 aliphatic heterocycles. The summed E-state index contributed by atoms with van der Waals surface area (Å²) < 4.78 is 19.0. The number of hydrogen-bond donors (Lipinski definition) is 1. The lowest BCUT2D eigenvalue weighted by molar-refractivity contribution is -0.384. The molecule has 7 heteroatoms. The molecule has 1 fully saturated rings. The van der Waals surface area contributed by atoms with Gasteiger partial charge in [-0.05, 0) is 35.7 Å². The van der Waals surface area contributed by atoms with E-state index in [4.69, 9.17) is 4.74 Å². The highest BCUT2D eigenvalue weighted by Gasteiger charge is 2.31. The third-order valence-corrected chi connectivity index (χ3v) is 3.70. The van der Waals surface area contributed by atoms with Gasteiger partial charge in [-0.3, -0.25) is 10.1 Å². The summed E-state index contributed by atoms with van der Waals surface area (Å²) >= 11 is 2.95. The molecule has 0 radical (unpaired) electrons. The number of nitro groups is 1. The van der Waals surface area contributed by atoms with Gasteiger partial charge < -0.3 is 10.1 Å². The first-order valence-corrected chi connectivity index (χ1v) is 6.82. The van der Waals surface area contributed by atoms with Crippen molar-refractivity contribution in [2.45, 2.75) is 31.9 Å². The first-order valence-electron chi connectivity index (χ1n) is 6.02. The molecule has 1 N–H and O–H groups in total. The minimum atomic E-state index is -0.523. The molecule has 0 aromatic heterocycles. The number of nitrogens with zero attached hydrogens (tertiary/aromatic N) is 1. The molecular formula is C12H14BrFN2O3. The molecule has 1 aromatic rings. The Morgan fingerprint density at radius 2 is 2.26 bits per heavy atom. The van der Waals surface area contributed by atoms with Gasteiger partial charge in [0.1, 0.15) is 11.5 Å². The average molecular weight is 333 g/mol. The zero-order valence-electron chi connectivity index (χ0n) is 10.4. The fourth-order valence-electron chi connectivity index (χ4n) is 2.08. The van der Waals surface area contributed by atoms with E-state index in [2.05, 4.69) is 21.2 Å². The lowest BCUT2D eigenvalue weighted by Crippen LogP contribution is -2.40. The van der Waals surface area contributed by atoms with Crippen LogP contribution < -0.4 is 5.32 Å². The van der Waals surface area contributed by atoms with Crippen LogP contribution in [-0.4, -0.2) is 23.7 Å². The van der Waals surface area contributed by atoms with E-state index in [1.165, 1.54) is 6.07 Å². The average Bonchev–Trinajstić information content (AvgIpc) is 2.30. The van der Waals surface area contributed by atoms with Gasteiger partial charge in [0.2, 0.25) is 0 Å². The Bertz CT molecular complexity index is 492. The monoisotopic (exact) mass is 332 g/mol. The molecule has 0 amide bonds. The number of hydrogen-bond acceptors (Lipinski definition) is 4. The third kappa shape index (κ3) is 3.22. The van der Waals surface area contributed by atoms with Gasteiger partial charge in [-0.15, -0.1) is 0 Å². The topological polar surface area (TPSA) is 64.4 Å². The van der Waals surface area contributed by atoms with E-state index < -0.39 is 10.7 Å². The third-order valence-electron chi connectivity index (χ3n) is 3.09. The van der Waals surface area contributed by atoms with Crippen molar-refractivity contribution in [2.24, 2.45) is 0 Å². The summed E-state index contributed by atoms with van der Waals surface area (Å²) in [7, 11) is 0. The van der Waals surface area contributed by atoms with Gasteiger partial charge in [0.15, 0.2) is 0 Å². The number of benzene rings is 1. The number of ether oxygens (including phenoxy) is 1. The van der Waals surface area contributed by atoms with Crippen LogP contribution in [0.3, 0.4) is 0 Å². The maximum absolute atomic E-state index is 13.5. The minimum Gasteiger partial charge on any atom is -0.378 e. The van der Waals surface area contributed by atoms with Crippen molar-refractivity contribution in [2.75, 3.05) is 11.9 Å². The van der Waals surface area contributed by atoms with Crippen LogP contribution in [0.5, 0.6) is 0 Å². The molecule has 0 saturated heterocycles. The first-order chi connectivity index (χ1) is 9.01. The van der Waals surface area contributed by atoms with Gasteiger partial charge >= 0.3 is 0 Å². The maximum Gasteiger partial charge on any atom is 0.293 e. The Hall–Kier alpha value is -1.21. The van der Waals surface area contributed by atoms with E-state index in [0.717, 1.165) is 18.9 Å². The second-order valence-corrected chi connectivity index (χ2v) is 5.28. The quantitative estimate of drug-likeness (QED) is 0.662. The van der Waals surface area contributed by atoms with E-state index in [0.29, 0.717) is 6.61 Å². The largest absolute Gasteiger partial charge is 0.378 e. The normalized spacial score (nSPS) is 21.8. The molecule has 1 aliphatic carbocycles. The molecule has 0 unspecified atom stereocenters.